The fraction of sp³-hybridized carbons (Fsp3) is 0.190. The van der Waals surface area contributed by atoms with Crippen LogP contribution in [0.4, 0.5) is 5.69 Å². The number of anilines is 1. The zero-order valence-corrected chi connectivity index (χ0v) is 13.4. The Hall–Kier alpha value is -2.65. The van der Waals surface area contributed by atoms with E-state index in [0.717, 1.165) is 28.4 Å². The van der Waals surface area contributed by atoms with Crippen LogP contribution in [0.15, 0.2) is 66.7 Å². The van der Waals surface area contributed by atoms with Crippen molar-refractivity contribution < 1.29 is 4.79 Å². The molecule has 3 aromatic carbocycles. The lowest BCUT2D eigenvalue weighted by molar-refractivity contribution is -0.115. The second kappa shape index (κ2) is 6.10. The zero-order chi connectivity index (χ0) is 16.5. The van der Waals surface area contributed by atoms with Gasteiger partial charge in [0, 0.05) is 17.6 Å². The quantitative estimate of drug-likeness (QED) is 0.768. The topological polar surface area (TPSA) is 55.1 Å². The number of nitrogens with one attached hydrogen (secondary N) is 1. The molecule has 0 bridgehead atoms. The van der Waals surface area contributed by atoms with Crippen molar-refractivity contribution >= 4 is 22.4 Å². The van der Waals surface area contributed by atoms with E-state index in [1.165, 1.54) is 5.56 Å². The predicted octanol–water partition coefficient (Wildman–Crippen LogP) is 3.84. The summed E-state index contributed by atoms with van der Waals surface area (Å²) >= 11 is 0. The Morgan fingerprint density at radius 3 is 2.46 bits per heavy atom. The summed E-state index contributed by atoms with van der Waals surface area (Å²) in [5.74, 6) is 0.493. The van der Waals surface area contributed by atoms with Gasteiger partial charge in [-0.15, -0.1) is 0 Å². The molecule has 2 atom stereocenters. The lowest BCUT2D eigenvalue weighted by atomic mass is 10.0. The van der Waals surface area contributed by atoms with Gasteiger partial charge in [0.05, 0.1) is 6.42 Å². The van der Waals surface area contributed by atoms with Crippen molar-refractivity contribution in [3.05, 3.63) is 77.9 Å². The van der Waals surface area contributed by atoms with Gasteiger partial charge in [-0.05, 0) is 40.5 Å². The second-order valence-corrected chi connectivity index (χ2v) is 6.49. The molecule has 1 amide bonds. The Bertz CT molecular complexity index is 880. The van der Waals surface area contributed by atoms with Crippen molar-refractivity contribution in [2.45, 2.75) is 24.8 Å². The van der Waals surface area contributed by atoms with Crippen LogP contribution in [0.25, 0.3) is 10.8 Å². The molecule has 1 saturated carbocycles. The summed E-state index contributed by atoms with van der Waals surface area (Å²) in [7, 11) is 0. The molecule has 3 aromatic rings. The van der Waals surface area contributed by atoms with Crippen LogP contribution in [0.3, 0.4) is 0 Å². The van der Waals surface area contributed by atoms with Crippen molar-refractivity contribution in [1.29, 1.82) is 0 Å². The molecule has 0 saturated heterocycles. The van der Waals surface area contributed by atoms with E-state index in [1.54, 1.807) is 0 Å². The first-order valence-corrected chi connectivity index (χ1v) is 8.33. The van der Waals surface area contributed by atoms with E-state index in [2.05, 4.69) is 35.6 Å². The van der Waals surface area contributed by atoms with Gasteiger partial charge in [0.1, 0.15) is 0 Å². The van der Waals surface area contributed by atoms with Crippen molar-refractivity contribution in [3.8, 4) is 0 Å². The Morgan fingerprint density at radius 2 is 1.71 bits per heavy atom. The van der Waals surface area contributed by atoms with Crippen LogP contribution in [0.1, 0.15) is 23.5 Å². The molecule has 0 aromatic heterocycles. The second-order valence-electron chi connectivity index (χ2n) is 6.49. The number of hydrogen-bond donors (Lipinski definition) is 2. The minimum absolute atomic E-state index is 0.00206. The molecule has 24 heavy (non-hydrogen) atoms. The lowest BCUT2D eigenvalue weighted by Gasteiger charge is -2.09. The van der Waals surface area contributed by atoms with Crippen molar-refractivity contribution in [2.75, 3.05) is 5.32 Å². The standard InChI is InChI=1S/C21H20N2O/c22-20-13-19(20)15-8-10-17(11-9-15)23-21(24)12-16-6-3-5-14-4-1-2-7-18(14)16/h1-11,19-20H,12-13,22H2,(H,23,24)/t19-,20+/m0/s1. The number of fused-ring (bicyclic) bond motifs is 1. The Morgan fingerprint density at radius 1 is 1.00 bits per heavy atom. The van der Waals surface area contributed by atoms with Crippen LogP contribution in [0.5, 0.6) is 0 Å². The molecule has 4 rings (SSSR count). The number of benzene rings is 3. The highest BCUT2D eigenvalue weighted by molar-refractivity contribution is 5.96. The van der Waals surface area contributed by atoms with Crippen LogP contribution < -0.4 is 11.1 Å². The summed E-state index contributed by atoms with van der Waals surface area (Å²) in [6, 6.07) is 22.6. The van der Waals surface area contributed by atoms with Crippen LogP contribution in [-0.2, 0) is 11.2 Å². The Balaban J connectivity index is 1.46. The highest BCUT2D eigenvalue weighted by Gasteiger charge is 2.34. The maximum atomic E-state index is 12.4. The molecular formula is C21H20N2O. The number of hydrogen-bond acceptors (Lipinski definition) is 2. The number of carbonyl (C=O) groups excluding carboxylic acids is 1. The average Bonchev–Trinajstić information content (AvgIpc) is 3.33. The zero-order valence-electron chi connectivity index (χ0n) is 13.4. The van der Waals surface area contributed by atoms with E-state index in [-0.39, 0.29) is 5.91 Å². The third kappa shape index (κ3) is 3.03. The van der Waals surface area contributed by atoms with Gasteiger partial charge in [-0.3, -0.25) is 4.79 Å². The van der Waals surface area contributed by atoms with Gasteiger partial charge in [0.15, 0.2) is 0 Å². The van der Waals surface area contributed by atoms with Crippen molar-refractivity contribution in [2.24, 2.45) is 5.73 Å². The van der Waals surface area contributed by atoms with Gasteiger partial charge in [-0.1, -0.05) is 54.6 Å². The highest BCUT2D eigenvalue weighted by Crippen LogP contribution is 2.39. The number of carbonyl (C=O) groups is 1. The molecule has 1 fully saturated rings. The average molecular weight is 316 g/mol. The van der Waals surface area contributed by atoms with Gasteiger partial charge in [0.25, 0.3) is 0 Å². The van der Waals surface area contributed by atoms with Gasteiger partial charge in [0.2, 0.25) is 5.91 Å². The number of nitrogens with two attached hydrogens (primary N) is 1. The van der Waals surface area contributed by atoms with Crippen LogP contribution >= 0.6 is 0 Å². The summed E-state index contributed by atoms with van der Waals surface area (Å²) in [5.41, 5.74) is 9.02. The molecule has 3 heteroatoms. The van der Waals surface area contributed by atoms with E-state index in [4.69, 9.17) is 5.73 Å². The third-order valence-corrected chi connectivity index (χ3v) is 4.69. The van der Waals surface area contributed by atoms with Gasteiger partial charge < -0.3 is 11.1 Å². The monoisotopic (exact) mass is 316 g/mol. The van der Waals surface area contributed by atoms with E-state index in [9.17, 15) is 4.79 Å². The van der Waals surface area contributed by atoms with Crippen molar-refractivity contribution in [3.63, 3.8) is 0 Å². The normalized spacial score (nSPS) is 19.2. The molecule has 120 valence electrons. The maximum Gasteiger partial charge on any atom is 0.228 e. The van der Waals surface area contributed by atoms with E-state index < -0.39 is 0 Å². The van der Waals surface area contributed by atoms with Crippen LogP contribution in [-0.4, -0.2) is 11.9 Å². The first kappa shape index (κ1) is 14.9. The fourth-order valence-electron chi connectivity index (χ4n) is 3.24. The minimum Gasteiger partial charge on any atom is -0.327 e. The molecule has 0 unspecified atom stereocenters. The lowest BCUT2D eigenvalue weighted by Crippen LogP contribution is -2.14. The molecule has 0 spiro atoms. The summed E-state index contributed by atoms with van der Waals surface area (Å²) in [6.45, 7) is 0. The fourth-order valence-corrected chi connectivity index (χ4v) is 3.24. The third-order valence-electron chi connectivity index (χ3n) is 4.69. The first-order chi connectivity index (χ1) is 11.7. The number of rotatable bonds is 4. The smallest absolute Gasteiger partial charge is 0.228 e. The molecule has 0 aliphatic heterocycles. The molecule has 3 nitrogen and oxygen atoms in total. The maximum absolute atomic E-state index is 12.4. The van der Waals surface area contributed by atoms with Crippen LogP contribution in [0.2, 0.25) is 0 Å². The highest BCUT2D eigenvalue weighted by atomic mass is 16.1. The van der Waals surface area contributed by atoms with Gasteiger partial charge in [-0.25, -0.2) is 0 Å². The summed E-state index contributed by atoms with van der Waals surface area (Å²) in [6.07, 6.45) is 1.43. The van der Waals surface area contributed by atoms with Crippen molar-refractivity contribution in [1.82, 2.24) is 0 Å². The summed E-state index contributed by atoms with van der Waals surface area (Å²) in [4.78, 5) is 12.4. The molecular weight excluding hydrogens is 296 g/mol. The predicted molar refractivity (Wildman–Crippen MR) is 98.1 cm³/mol. The molecule has 3 N–H and O–H groups in total. The Labute approximate surface area is 141 Å². The SMILES string of the molecule is N[C@@H]1C[C@H]1c1ccc(NC(=O)Cc2cccc3ccccc23)cc1. The summed E-state index contributed by atoms with van der Waals surface area (Å²) in [5, 5.41) is 5.28. The summed E-state index contributed by atoms with van der Waals surface area (Å²) < 4.78 is 0. The molecule has 1 aliphatic carbocycles. The largest absolute Gasteiger partial charge is 0.327 e. The van der Waals surface area contributed by atoms with E-state index in [0.29, 0.717) is 18.4 Å². The van der Waals surface area contributed by atoms with E-state index in [1.807, 2.05) is 36.4 Å². The molecule has 1 aliphatic rings. The minimum atomic E-state index is 0.00206. The van der Waals surface area contributed by atoms with E-state index >= 15 is 0 Å². The number of amides is 1. The molecule has 0 heterocycles. The Kier molecular flexibility index (Phi) is 3.79. The van der Waals surface area contributed by atoms with Gasteiger partial charge >= 0.3 is 0 Å². The van der Waals surface area contributed by atoms with Gasteiger partial charge in [-0.2, -0.15) is 0 Å². The molecule has 0 radical (unpaired) electrons. The first-order valence-electron chi connectivity index (χ1n) is 8.33. The van der Waals surface area contributed by atoms with Crippen LogP contribution in [0, 0.1) is 0 Å².